The van der Waals surface area contributed by atoms with Crippen molar-refractivity contribution in [1.29, 1.82) is 0 Å². The predicted molar refractivity (Wildman–Crippen MR) is 129 cm³/mol. The van der Waals surface area contributed by atoms with Crippen LogP contribution < -0.4 is 5.56 Å². The molecule has 0 spiro atoms. The van der Waals surface area contributed by atoms with Crippen LogP contribution in [0.25, 0.3) is 10.2 Å². The van der Waals surface area contributed by atoms with Crippen molar-refractivity contribution in [3.05, 3.63) is 62.0 Å². The Bertz CT molecular complexity index is 1200. The molecule has 2 aromatic heterocycles. The Kier molecular flexibility index (Phi) is 6.76. The highest BCUT2D eigenvalue weighted by Gasteiger charge is 2.25. The van der Waals surface area contributed by atoms with Gasteiger partial charge in [0.1, 0.15) is 10.7 Å². The van der Waals surface area contributed by atoms with Gasteiger partial charge in [-0.2, -0.15) is 0 Å². The van der Waals surface area contributed by atoms with E-state index in [-0.39, 0.29) is 11.5 Å². The average molecular weight is 454 g/mol. The summed E-state index contributed by atoms with van der Waals surface area (Å²) in [5.41, 5.74) is 2.62. The number of carbonyl (C=O) groups is 1. The van der Waals surface area contributed by atoms with Crippen LogP contribution in [-0.2, 0) is 30.7 Å². The summed E-state index contributed by atoms with van der Waals surface area (Å²) < 4.78 is 7.06. The van der Waals surface area contributed by atoms with E-state index in [1.165, 1.54) is 10.4 Å². The van der Waals surface area contributed by atoms with Crippen LogP contribution in [0.5, 0.6) is 0 Å². The molecule has 0 radical (unpaired) electrons. The fourth-order valence-electron chi connectivity index (χ4n) is 4.29. The number of aryl methyl sites for hydroxylation is 1. The van der Waals surface area contributed by atoms with Crippen LogP contribution in [0.4, 0.5) is 0 Å². The molecule has 0 aliphatic heterocycles. The molecule has 1 unspecified atom stereocenters. The second-order valence-electron chi connectivity index (χ2n) is 9.03. The van der Waals surface area contributed by atoms with E-state index in [9.17, 15) is 9.59 Å². The van der Waals surface area contributed by atoms with Crippen molar-refractivity contribution in [2.75, 3.05) is 20.7 Å². The number of hydrogen-bond donors (Lipinski definition) is 0. The van der Waals surface area contributed by atoms with Gasteiger partial charge in [0.2, 0.25) is 0 Å². The zero-order chi connectivity index (χ0) is 22.8. The molecule has 4 rings (SSSR count). The molecular weight excluding hydrogens is 422 g/mol. The maximum absolute atomic E-state index is 13.7. The van der Waals surface area contributed by atoms with Crippen LogP contribution in [-0.4, -0.2) is 41.1 Å². The Morgan fingerprint density at radius 2 is 2.16 bits per heavy atom. The van der Waals surface area contributed by atoms with E-state index in [4.69, 9.17) is 9.72 Å². The first kappa shape index (κ1) is 22.7. The van der Waals surface area contributed by atoms with E-state index < -0.39 is 0 Å². The molecule has 0 fully saturated rings. The van der Waals surface area contributed by atoms with Crippen molar-refractivity contribution < 1.29 is 9.53 Å². The first-order chi connectivity index (χ1) is 15.4. The molecule has 0 bridgehead atoms. The van der Waals surface area contributed by atoms with Crippen LogP contribution >= 0.6 is 11.3 Å². The first-order valence-corrected chi connectivity index (χ1v) is 12.1. The Morgan fingerprint density at radius 1 is 1.34 bits per heavy atom. The predicted octanol–water partition coefficient (Wildman–Crippen LogP) is 4.26. The summed E-state index contributed by atoms with van der Waals surface area (Å²) in [5.74, 6) is 1.07. The van der Waals surface area contributed by atoms with Gasteiger partial charge in [-0.05, 0) is 69.0 Å². The summed E-state index contributed by atoms with van der Waals surface area (Å²) in [6, 6.07) is 7.35. The third-order valence-corrected chi connectivity index (χ3v) is 7.04. The smallest absolute Gasteiger partial charge is 0.338 e. The molecule has 0 saturated heterocycles. The van der Waals surface area contributed by atoms with Crippen LogP contribution in [0, 0.1) is 5.92 Å². The molecule has 32 heavy (non-hydrogen) atoms. The molecule has 0 saturated carbocycles. The van der Waals surface area contributed by atoms with E-state index in [0.29, 0.717) is 31.2 Å². The summed E-state index contributed by atoms with van der Waals surface area (Å²) in [4.78, 5) is 35.2. The first-order valence-electron chi connectivity index (χ1n) is 11.3. The quantitative estimate of drug-likeness (QED) is 0.500. The lowest BCUT2D eigenvalue weighted by molar-refractivity contribution is 0.0505. The third kappa shape index (κ3) is 4.64. The summed E-state index contributed by atoms with van der Waals surface area (Å²) in [6.07, 6.45) is 3.86. The van der Waals surface area contributed by atoms with Gasteiger partial charge < -0.3 is 9.64 Å². The van der Waals surface area contributed by atoms with E-state index in [0.717, 1.165) is 47.3 Å². The topological polar surface area (TPSA) is 64.4 Å². The van der Waals surface area contributed by atoms with Crippen LogP contribution in [0.15, 0.2) is 29.1 Å². The van der Waals surface area contributed by atoms with Gasteiger partial charge in [0.05, 0.1) is 30.6 Å². The molecule has 0 amide bonds. The largest absolute Gasteiger partial charge is 0.462 e. The van der Waals surface area contributed by atoms with Gasteiger partial charge in [-0.1, -0.05) is 26.0 Å². The van der Waals surface area contributed by atoms with E-state index in [2.05, 4.69) is 6.92 Å². The van der Waals surface area contributed by atoms with Crippen molar-refractivity contribution in [3.63, 3.8) is 0 Å². The molecule has 0 N–H and O–H groups in total. The number of benzene rings is 1. The van der Waals surface area contributed by atoms with Gasteiger partial charge in [-0.25, -0.2) is 9.78 Å². The fourth-order valence-corrected chi connectivity index (χ4v) is 5.68. The molecule has 1 aliphatic rings. The van der Waals surface area contributed by atoms with Gasteiger partial charge in [0.15, 0.2) is 0 Å². The van der Waals surface area contributed by atoms with Crippen LogP contribution in [0.2, 0.25) is 0 Å². The third-order valence-electron chi connectivity index (χ3n) is 5.89. The minimum Gasteiger partial charge on any atom is -0.462 e. The lowest BCUT2D eigenvalue weighted by Gasteiger charge is -2.18. The summed E-state index contributed by atoms with van der Waals surface area (Å²) in [5, 5.41) is 0.790. The molecule has 2 heterocycles. The molecule has 7 heteroatoms. The molecule has 1 atom stereocenters. The number of carbonyl (C=O) groups excluding carboxylic acids is 1. The van der Waals surface area contributed by atoms with E-state index in [1.54, 1.807) is 22.0 Å². The number of rotatable bonds is 7. The summed E-state index contributed by atoms with van der Waals surface area (Å²) in [6.45, 7) is 5.59. The highest BCUT2D eigenvalue weighted by Crippen LogP contribution is 2.36. The Labute approximate surface area is 192 Å². The Morgan fingerprint density at radius 3 is 2.91 bits per heavy atom. The number of nitrogens with zero attached hydrogens (tertiary/aromatic N) is 3. The number of hydrogen-bond acceptors (Lipinski definition) is 6. The zero-order valence-corrected chi connectivity index (χ0v) is 20.1. The SMILES string of the molecule is CCCOC(=O)c1cccc(Cn2c(CN(C)C)nc3sc4c(c3c2=O)CCC(C)C4)c1. The van der Waals surface area contributed by atoms with Gasteiger partial charge in [0.25, 0.3) is 5.56 Å². The van der Waals surface area contributed by atoms with Crippen LogP contribution in [0.3, 0.4) is 0 Å². The van der Waals surface area contributed by atoms with Crippen molar-refractivity contribution in [2.45, 2.75) is 52.6 Å². The molecule has 3 aromatic rings. The number of thiophene rings is 1. The number of esters is 1. The maximum atomic E-state index is 13.7. The normalized spacial score (nSPS) is 15.8. The van der Waals surface area contributed by atoms with Gasteiger partial charge in [0, 0.05) is 4.88 Å². The lowest BCUT2D eigenvalue weighted by Crippen LogP contribution is -2.29. The Balaban J connectivity index is 1.77. The van der Waals surface area contributed by atoms with Crippen molar-refractivity contribution in [2.24, 2.45) is 5.92 Å². The second-order valence-corrected chi connectivity index (χ2v) is 10.1. The second kappa shape index (κ2) is 9.55. The van der Waals surface area contributed by atoms with Gasteiger partial charge >= 0.3 is 5.97 Å². The minimum absolute atomic E-state index is 0.0258. The number of ether oxygens (including phenoxy) is 1. The lowest BCUT2D eigenvalue weighted by atomic mass is 9.89. The molecular formula is C25H31N3O3S. The summed E-state index contributed by atoms with van der Waals surface area (Å²) >= 11 is 1.68. The molecule has 170 valence electrons. The molecule has 6 nitrogen and oxygen atoms in total. The average Bonchev–Trinajstić information content (AvgIpc) is 3.11. The van der Waals surface area contributed by atoms with E-state index >= 15 is 0 Å². The minimum atomic E-state index is -0.329. The van der Waals surface area contributed by atoms with Gasteiger partial charge in [-0.3, -0.25) is 9.36 Å². The Hall–Kier alpha value is -2.51. The highest BCUT2D eigenvalue weighted by molar-refractivity contribution is 7.18. The molecule has 1 aromatic carbocycles. The summed E-state index contributed by atoms with van der Waals surface area (Å²) in [7, 11) is 3.96. The zero-order valence-electron chi connectivity index (χ0n) is 19.3. The maximum Gasteiger partial charge on any atom is 0.338 e. The monoisotopic (exact) mass is 453 g/mol. The van der Waals surface area contributed by atoms with Crippen LogP contribution in [0.1, 0.15) is 58.9 Å². The van der Waals surface area contributed by atoms with Crippen molar-refractivity contribution in [3.8, 4) is 0 Å². The van der Waals surface area contributed by atoms with Crippen molar-refractivity contribution in [1.82, 2.24) is 14.5 Å². The van der Waals surface area contributed by atoms with E-state index in [1.807, 2.05) is 44.1 Å². The number of aromatic nitrogens is 2. The van der Waals surface area contributed by atoms with Crippen molar-refractivity contribution >= 4 is 27.5 Å². The fraction of sp³-hybridized carbons (Fsp3) is 0.480. The van der Waals surface area contributed by atoms with Gasteiger partial charge in [-0.15, -0.1) is 11.3 Å². The number of fused-ring (bicyclic) bond motifs is 3. The highest BCUT2D eigenvalue weighted by atomic mass is 32.1. The molecule has 1 aliphatic carbocycles. The standard InChI is InChI=1S/C25H31N3O3S/c1-5-11-31-25(30)18-8-6-7-17(13-18)14-28-21(15-27(3)4)26-23-22(24(28)29)19-10-9-16(2)12-20(19)32-23/h6-8,13,16H,5,9-12,14-15H2,1-4H3.